The molecule has 3 aromatic rings. The van der Waals surface area contributed by atoms with Gasteiger partial charge in [-0.3, -0.25) is 14.5 Å². The Labute approximate surface area is 141 Å². The van der Waals surface area contributed by atoms with Crippen molar-refractivity contribution < 1.29 is 4.79 Å². The van der Waals surface area contributed by atoms with Gasteiger partial charge in [-0.2, -0.15) is 5.10 Å². The number of hydrogen-bond donors (Lipinski definition) is 1. The van der Waals surface area contributed by atoms with Gasteiger partial charge >= 0.3 is 0 Å². The first-order chi connectivity index (χ1) is 11.7. The summed E-state index contributed by atoms with van der Waals surface area (Å²) < 4.78 is 1.75. The molecule has 0 saturated heterocycles. The fourth-order valence-electron chi connectivity index (χ4n) is 2.44. The molecule has 1 aromatic carbocycles. The molecule has 2 heterocycles. The van der Waals surface area contributed by atoms with E-state index in [0.29, 0.717) is 13.0 Å². The Kier molecular flexibility index (Phi) is 5.01. The van der Waals surface area contributed by atoms with E-state index in [1.807, 2.05) is 55.7 Å². The lowest BCUT2D eigenvalue weighted by Gasteiger charge is -2.06. The van der Waals surface area contributed by atoms with Crippen LogP contribution >= 0.6 is 0 Å². The summed E-state index contributed by atoms with van der Waals surface area (Å²) in [6.45, 7) is 0.494. The van der Waals surface area contributed by atoms with Gasteiger partial charge in [-0.25, -0.2) is 0 Å². The highest BCUT2D eigenvalue weighted by molar-refractivity contribution is 5.76. The van der Waals surface area contributed by atoms with E-state index in [4.69, 9.17) is 0 Å². The molecule has 0 bridgehead atoms. The number of hydrogen-bond acceptors (Lipinski definition) is 3. The van der Waals surface area contributed by atoms with Crippen LogP contribution in [0.5, 0.6) is 0 Å². The van der Waals surface area contributed by atoms with E-state index in [9.17, 15) is 4.79 Å². The van der Waals surface area contributed by atoms with Crippen molar-refractivity contribution in [3.8, 4) is 11.3 Å². The highest BCUT2D eigenvalue weighted by Gasteiger charge is 2.04. The maximum absolute atomic E-state index is 11.9. The SMILES string of the molecule is Cn1cc(-c2ccc(CNC(=O)CCc3ccccc3)cn2)cn1. The molecule has 3 rings (SSSR count). The third kappa shape index (κ3) is 4.29. The predicted molar refractivity (Wildman–Crippen MR) is 93.0 cm³/mol. The van der Waals surface area contributed by atoms with Crippen LogP contribution in [0.2, 0.25) is 0 Å². The van der Waals surface area contributed by atoms with Crippen molar-refractivity contribution >= 4 is 5.91 Å². The molecular weight excluding hydrogens is 300 g/mol. The molecule has 1 N–H and O–H groups in total. The second kappa shape index (κ2) is 7.55. The van der Waals surface area contributed by atoms with Crippen molar-refractivity contribution in [3.05, 3.63) is 72.2 Å². The molecule has 0 aliphatic heterocycles. The molecule has 0 unspecified atom stereocenters. The zero-order chi connectivity index (χ0) is 16.8. The van der Waals surface area contributed by atoms with E-state index in [-0.39, 0.29) is 5.91 Å². The lowest BCUT2D eigenvalue weighted by molar-refractivity contribution is -0.121. The number of nitrogens with zero attached hydrogens (tertiary/aromatic N) is 3. The van der Waals surface area contributed by atoms with Crippen LogP contribution in [0.4, 0.5) is 0 Å². The van der Waals surface area contributed by atoms with Gasteiger partial charge in [0, 0.05) is 38.0 Å². The summed E-state index contributed by atoms with van der Waals surface area (Å²) in [5.74, 6) is 0.0511. The fourth-order valence-corrected chi connectivity index (χ4v) is 2.44. The van der Waals surface area contributed by atoms with E-state index < -0.39 is 0 Å². The number of pyridine rings is 1. The molecule has 0 aliphatic rings. The zero-order valence-corrected chi connectivity index (χ0v) is 13.6. The van der Waals surface area contributed by atoms with Crippen molar-refractivity contribution in [1.82, 2.24) is 20.1 Å². The largest absolute Gasteiger partial charge is 0.352 e. The molecule has 5 heteroatoms. The van der Waals surface area contributed by atoms with Crippen LogP contribution in [-0.4, -0.2) is 20.7 Å². The van der Waals surface area contributed by atoms with Crippen LogP contribution in [-0.2, 0) is 24.8 Å². The van der Waals surface area contributed by atoms with Gasteiger partial charge in [0.2, 0.25) is 5.91 Å². The van der Waals surface area contributed by atoms with Crippen molar-refractivity contribution in [2.45, 2.75) is 19.4 Å². The summed E-state index contributed by atoms with van der Waals surface area (Å²) in [5.41, 5.74) is 4.02. The zero-order valence-electron chi connectivity index (χ0n) is 13.6. The number of nitrogens with one attached hydrogen (secondary N) is 1. The van der Waals surface area contributed by atoms with E-state index in [1.54, 1.807) is 17.1 Å². The van der Waals surface area contributed by atoms with Crippen LogP contribution in [0, 0.1) is 0 Å². The van der Waals surface area contributed by atoms with Gasteiger partial charge in [0.25, 0.3) is 0 Å². The van der Waals surface area contributed by atoms with E-state index >= 15 is 0 Å². The molecule has 1 amide bonds. The number of carbonyl (C=O) groups is 1. The first-order valence-electron chi connectivity index (χ1n) is 7.95. The van der Waals surface area contributed by atoms with Gasteiger partial charge in [0.1, 0.15) is 0 Å². The standard InChI is InChI=1S/C19H20N4O/c1-23-14-17(13-22-23)18-9-7-16(11-20-18)12-21-19(24)10-8-15-5-3-2-4-6-15/h2-7,9,11,13-14H,8,10,12H2,1H3,(H,21,24). The summed E-state index contributed by atoms with van der Waals surface area (Å²) in [4.78, 5) is 16.4. The van der Waals surface area contributed by atoms with Gasteiger partial charge in [-0.15, -0.1) is 0 Å². The highest BCUT2D eigenvalue weighted by Crippen LogP contribution is 2.15. The van der Waals surface area contributed by atoms with Crippen molar-refractivity contribution in [1.29, 1.82) is 0 Å². The quantitative estimate of drug-likeness (QED) is 0.760. The molecule has 0 atom stereocenters. The predicted octanol–water partition coefficient (Wildman–Crippen LogP) is 2.73. The minimum absolute atomic E-state index is 0.0511. The number of aryl methyl sites for hydroxylation is 2. The van der Waals surface area contributed by atoms with Crippen LogP contribution in [0.25, 0.3) is 11.3 Å². The second-order valence-electron chi connectivity index (χ2n) is 5.72. The Hall–Kier alpha value is -2.95. The summed E-state index contributed by atoms with van der Waals surface area (Å²) in [6.07, 6.45) is 6.75. The van der Waals surface area contributed by atoms with Crippen LogP contribution < -0.4 is 5.32 Å². The van der Waals surface area contributed by atoms with Gasteiger partial charge in [0.15, 0.2) is 0 Å². The lowest BCUT2D eigenvalue weighted by atomic mass is 10.1. The number of rotatable bonds is 6. The maximum Gasteiger partial charge on any atom is 0.220 e. The third-order valence-electron chi connectivity index (χ3n) is 3.80. The highest BCUT2D eigenvalue weighted by atomic mass is 16.1. The Balaban J connectivity index is 1.48. The average molecular weight is 320 g/mol. The molecule has 0 aliphatic carbocycles. The smallest absolute Gasteiger partial charge is 0.220 e. The lowest BCUT2D eigenvalue weighted by Crippen LogP contribution is -2.23. The first kappa shape index (κ1) is 15.9. The van der Waals surface area contributed by atoms with Crippen molar-refractivity contribution in [2.75, 3.05) is 0 Å². The number of aromatic nitrogens is 3. The number of carbonyl (C=O) groups excluding carboxylic acids is 1. The summed E-state index contributed by atoms with van der Waals surface area (Å²) in [5, 5.41) is 7.08. The summed E-state index contributed by atoms with van der Waals surface area (Å²) in [7, 11) is 1.88. The Bertz CT molecular complexity index is 794. The van der Waals surface area contributed by atoms with Crippen LogP contribution in [0.1, 0.15) is 17.5 Å². The Morgan fingerprint density at radius 2 is 1.92 bits per heavy atom. The molecule has 0 spiro atoms. The van der Waals surface area contributed by atoms with E-state index in [1.165, 1.54) is 5.56 Å². The normalized spacial score (nSPS) is 10.5. The molecule has 122 valence electrons. The molecule has 0 fully saturated rings. The average Bonchev–Trinajstić information content (AvgIpc) is 3.06. The molecule has 24 heavy (non-hydrogen) atoms. The monoisotopic (exact) mass is 320 g/mol. The second-order valence-corrected chi connectivity index (χ2v) is 5.72. The topological polar surface area (TPSA) is 59.8 Å². The molecular formula is C19H20N4O. The van der Waals surface area contributed by atoms with Crippen molar-refractivity contribution in [3.63, 3.8) is 0 Å². The van der Waals surface area contributed by atoms with Crippen molar-refractivity contribution in [2.24, 2.45) is 7.05 Å². The molecule has 0 radical (unpaired) electrons. The van der Waals surface area contributed by atoms with Crippen LogP contribution in [0.15, 0.2) is 61.1 Å². The summed E-state index contributed by atoms with van der Waals surface area (Å²) >= 11 is 0. The fraction of sp³-hybridized carbons (Fsp3) is 0.211. The maximum atomic E-state index is 11.9. The molecule has 0 saturated carbocycles. The van der Waals surface area contributed by atoms with E-state index in [0.717, 1.165) is 23.2 Å². The first-order valence-corrected chi connectivity index (χ1v) is 7.95. The molecule has 5 nitrogen and oxygen atoms in total. The van der Waals surface area contributed by atoms with E-state index in [2.05, 4.69) is 15.4 Å². The number of amides is 1. The Morgan fingerprint density at radius 3 is 2.58 bits per heavy atom. The minimum atomic E-state index is 0.0511. The van der Waals surface area contributed by atoms with Gasteiger partial charge in [-0.05, 0) is 23.6 Å². The minimum Gasteiger partial charge on any atom is -0.352 e. The van der Waals surface area contributed by atoms with Crippen LogP contribution in [0.3, 0.4) is 0 Å². The Morgan fingerprint density at radius 1 is 1.08 bits per heavy atom. The van der Waals surface area contributed by atoms with Gasteiger partial charge in [-0.1, -0.05) is 36.4 Å². The summed E-state index contributed by atoms with van der Waals surface area (Å²) in [6, 6.07) is 14.0. The number of benzene rings is 1. The van der Waals surface area contributed by atoms with Gasteiger partial charge < -0.3 is 5.32 Å². The van der Waals surface area contributed by atoms with Gasteiger partial charge in [0.05, 0.1) is 11.9 Å². The molecule has 2 aromatic heterocycles. The third-order valence-corrected chi connectivity index (χ3v) is 3.80.